The van der Waals surface area contributed by atoms with Gasteiger partial charge in [0.15, 0.2) is 5.58 Å². The number of fused-ring (bicyclic) bond motifs is 4. The van der Waals surface area contributed by atoms with E-state index in [2.05, 4.69) is 20.9 Å². The molecule has 3 amide bonds. The third-order valence-electron chi connectivity index (χ3n) is 6.72. The van der Waals surface area contributed by atoms with Crippen molar-refractivity contribution in [1.82, 2.24) is 20.5 Å². The first-order valence-corrected chi connectivity index (χ1v) is 11.7. The summed E-state index contributed by atoms with van der Waals surface area (Å²) in [4.78, 5) is 32.0. The number of rotatable bonds is 1. The molecule has 1 saturated heterocycles. The second-order valence-electron chi connectivity index (χ2n) is 8.80. The second-order valence-corrected chi connectivity index (χ2v) is 9.21. The highest BCUT2D eigenvalue weighted by Gasteiger charge is 2.44. The number of benzene rings is 1. The fourth-order valence-electron chi connectivity index (χ4n) is 5.18. The van der Waals surface area contributed by atoms with Crippen LogP contribution in [0.2, 0.25) is 5.02 Å². The molecule has 8 nitrogen and oxygen atoms in total. The predicted octanol–water partition coefficient (Wildman–Crippen LogP) is 3.99. The van der Waals surface area contributed by atoms with Crippen LogP contribution in [-0.2, 0) is 5.54 Å². The number of hydrogen-bond donors (Lipinski definition) is 3. The minimum atomic E-state index is -0.540. The van der Waals surface area contributed by atoms with E-state index in [1.165, 1.54) is 0 Å². The van der Waals surface area contributed by atoms with Crippen molar-refractivity contribution in [2.75, 3.05) is 31.5 Å². The molecule has 5 rings (SSSR count). The van der Waals surface area contributed by atoms with E-state index in [4.69, 9.17) is 16.0 Å². The topological polar surface area (TPSA) is 99.5 Å². The Balaban J connectivity index is 1.56. The van der Waals surface area contributed by atoms with Crippen molar-refractivity contribution < 1.29 is 14.0 Å². The summed E-state index contributed by atoms with van der Waals surface area (Å²) in [6, 6.07) is 1.42. The number of nitrogens with zero attached hydrogens (tertiary/aromatic N) is 2. The molecular formula is C22H28ClN5O3. The molecule has 3 N–H and O–H groups in total. The molecule has 0 radical (unpaired) electrons. The molecule has 1 aromatic carbocycles. The molecule has 0 unspecified atom stereocenters. The summed E-state index contributed by atoms with van der Waals surface area (Å²) in [5, 5.41) is 9.76. The Bertz CT molecular complexity index is 1000. The lowest BCUT2D eigenvalue weighted by Crippen LogP contribution is -2.52. The van der Waals surface area contributed by atoms with Gasteiger partial charge in [0.25, 0.3) is 5.89 Å². The predicted molar refractivity (Wildman–Crippen MR) is 119 cm³/mol. The van der Waals surface area contributed by atoms with Gasteiger partial charge in [-0.25, -0.2) is 9.78 Å². The number of halogens is 1. The quantitative estimate of drug-likeness (QED) is 0.616. The van der Waals surface area contributed by atoms with Crippen molar-refractivity contribution in [3.8, 4) is 0 Å². The summed E-state index contributed by atoms with van der Waals surface area (Å²) in [6.45, 7) is 3.06. The summed E-state index contributed by atoms with van der Waals surface area (Å²) in [5.74, 6) is -0.114. The molecule has 2 aliphatic heterocycles. The molecule has 1 aromatic heterocycles. The van der Waals surface area contributed by atoms with Gasteiger partial charge in [0.1, 0.15) is 5.52 Å². The van der Waals surface area contributed by atoms with Crippen LogP contribution in [0.1, 0.15) is 67.6 Å². The number of aromatic nitrogens is 1. The van der Waals surface area contributed by atoms with Crippen molar-refractivity contribution in [3.63, 3.8) is 0 Å². The number of carbonyl (C=O) groups excluding carboxylic acids is 2. The zero-order valence-electron chi connectivity index (χ0n) is 17.6. The van der Waals surface area contributed by atoms with Gasteiger partial charge in [-0.15, -0.1) is 0 Å². The third kappa shape index (κ3) is 3.76. The van der Waals surface area contributed by atoms with Crippen LogP contribution >= 0.6 is 11.6 Å². The Morgan fingerprint density at radius 2 is 1.90 bits per heavy atom. The SMILES string of the molecule is O=C1Nc2c(Cl)cc3nc(C(=O)N4CCCCCNCC4)oc3c2C2(CCCCC2)N1. The normalized spacial score (nSPS) is 21.6. The molecule has 0 bridgehead atoms. The van der Waals surface area contributed by atoms with Crippen LogP contribution in [-0.4, -0.2) is 48.0 Å². The van der Waals surface area contributed by atoms with Gasteiger partial charge in [-0.05, 0) is 38.3 Å². The van der Waals surface area contributed by atoms with Crippen LogP contribution in [0.25, 0.3) is 11.1 Å². The van der Waals surface area contributed by atoms with Gasteiger partial charge < -0.3 is 25.3 Å². The van der Waals surface area contributed by atoms with Gasteiger partial charge in [-0.1, -0.05) is 37.3 Å². The van der Waals surface area contributed by atoms with Crippen LogP contribution in [0.5, 0.6) is 0 Å². The van der Waals surface area contributed by atoms with Crippen LogP contribution in [0, 0.1) is 0 Å². The van der Waals surface area contributed by atoms with E-state index in [1.807, 2.05) is 4.90 Å². The lowest BCUT2D eigenvalue weighted by Gasteiger charge is -2.42. The number of hydrogen-bond acceptors (Lipinski definition) is 5. The molecule has 9 heteroatoms. The smallest absolute Gasteiger partial charge is 0.319 e. The number of urea groups is 1. The van der Waals surface area contributed by atoms with Crippen LogP contribution < -0.4 is 16.0 Å². The maximum atomic E-state index is 13.2. The zero-order valence-corrected chi connectivity index (χ0v) is 18.3. The van der Waals surface area contributed by atoms with Crippen molar-refractivity contribution in [2.24, 2.45) is 0 Å². The Labute approximate surface area is 186 Å². The number of oxazole rings is 1. The highest BCUT2D eigenvalue weighted by molar-refractivity contribution is 6.35. The molecule has 1 saturated carbocycles. The number of carbonyl (C=O) groups is 2. The maximum absolute atomic E-state index is 13.2. The van der Waals surface area contributed by atoms with Gasteiger partial charge in [0.2, 0.25) is 0 Å². The lowest BCUT2D eigenvalue weighted by molar-refractivity contribution is 0.0719. The van der Waals surface area contributed by atoms with Gasteiger partial charge >= 0.3 is 11.9 Å². The molecule has 3 aliphatic rings. The molecule has 0 atom stereocenters. The molecule has 1 aliphatic carbocycles. The summed E-state index contributed by atoms with van der Waals surface area (Å²) >= 11 is 6.56. The van der Waals surface area contributed by atoms with E-state index in [0.717, 1.165) is 70.0 Å². The highest BCUT2D eigenvalue weighted by Crippen LogP contribution is 2.48. The van der Waals surface area contributed by atoms with E-state index in [1.54, 1.807) is 6.07 Å². The largest absolute Gasteiger partial charge is 0.432 e. The van der Waals surface area contributed by atoms with E-state index in [9.17, 15) is 9.59 Å². The molecule has 166 valence electrons. The Morgan fingerprint density at radius 3 is 2.74 bits per heavy atom. The molecule has 1 spiro atoms. The average Bonchev–Trinajstić information content (AvgIpc) is 3.22. The van der Waals surface area contributed by atoms with E-state index in [0.29, 0.717) is 34.9 Å². The standard InChI is InChI=1S/C22H28ClN5O3/c23-14-13-15-18(16-17(14)26-21(30)27-22(16)7-3-1-4-8-22)31-19(25-15)20(29)28-11-6-2-5-9-24-10-12-28/h13,24H,1-12H2,(H2,26,27,30). The first-order chi connectivity index (χ1) is 15.1. The van der Waals surface area contributed by atoms with E-state index < -0.39 is 5.54 Å². The Hall–Kier alpha value is -2.32. The monoisotopic (exact) mass is 445 g/mol. The van der Waals surface area contributed by atoms with Crippen molar-refractivity contribution in [1.29, 1.82) is 0 Å². The highest BCUT2D eigenvalue weighted by atomic mass is 35.5. The summed E-state index contributed by atoms with van der Waals surface area (Å²) < 4.78 is 6.13. The van der Waals surface area contributed by atoms with Gasteiger partial charge in [0, 0.05) is 25.2 Å². The van der Waals surface area contributed by atoms with E-state index in [-0.39, 0.29) is 17.8 Å². The summed E-state index contributed by atoms with van der Waals surface area (Å²) in [7, 11) is 0. The van der Waals surface area contributed by atoms with Gasteiger partial charge in [0.05, 0.1) is 16.2 Å². The molecule has 2 fully saturated rings. The van der Waals surface area contributed by atoms with Crippen molar-refractivity contribution in [3.05, 3.63) is 22.5 Å². The first kappa shape index (κ1) is 20.6. The van der Waals surface area contributed by atoms with Crippen LogP contribution in [0.15, 0.2) is 10.5 Å². The van der Waals surface area contributed by atoms with Gasteiger partial charge in [-0.2, -0.15) is 0 Å². The lowest BCUT2D eigenvalue weighted by atomic mass is 9.74. The minimum Gasteiger partial charge on any atom is -0.432 e. The van der Waals surface area contributed by atoms with Crippen molar-refractivity contribution in [2.45, 2.75) is 56.9 Å². The second kappa shape index (κ2) is 8.31. The number of nitrogens with one attached hydrogen (secondary N) is 3. The third-order valence-corrected chi connectivity index (χ3v) is 7.02. The maximum Gasteiger partial charge on any atom is 0.319 e. The molecule has 31 heavy (non-hydrogen) atoms. The van der Waals surface area contributed by atoms with E-state index >= 15 is 0 Å². The van der Waals surface area contributed by atoms with Crippen LogP contribution in [0.4, 0.5) is 10.5 Å². The average molecular weight is 446 g/mol. The summed E-state index contributed by atoms with van der Waals surface area (Å²) in [5.41, 5.74) is 1.95. The number of amides is 3. The minimum absolute atomic E-state index is 0.0848. The summed E-state index contributed by atoms with van der Waals surface area (Å²) in [6.07, 6.45) is 7.94. The fraction of sp³-hybridized carbons (Fsp3) is 0.591. The van der Waals surface area contributed by atoms with Crippen LogP contribution in [0.3, 0.4) is 0 Å². The number of anilines is 1. The fourth-order valence-corrected chi connectivity index (χ4v) is 5.42. The Kier molecular flexibility index (Phi) is 5.52. The molecule has 3 heterocycles. The molecule has 2 aromatic rings. The van der Waals surface area contributed by atoms with Crippen molar-refractivity contribution >= 4 is 40.3 Å². The van der Waals surface area contributed by atoms with Gasteiger partial charge in [-0.3, -0.25) is 4.79 Å². The Morgan fingerprint density at radius 1 is 1.10 bits per heavy atom. The first-order valence-electron chi connectivity index (χ1n) is 11.3. The molecular weight excluding hydrogens is 418 g/mol. The zero-order chi connectivity index (χ0) is 21.4.